The minimum Gasteiger partial charge on any atom is -0.493 e. The molecule has 0 saturated carbocycles. The quantitative estimate of drug-likeness (QED) is 0.438. The number of nitrogens with zero attached hydrogens (tertiary/aromatic N) is 1. The lowest BCUT2D eigenvalue weighted by Gasteiger charge is -2.09. The molecule has 0 spiro atoms. The van der Waals surface area contributed by atoms with E-state index in [-0.39, 0.29) is 17.0 Å². The standard InChI is InChI=1S/C10H9NO5/c1-15-9-4-3-8(11(13)14)7(5-6-12)10(9)16-2/h3-5H,1-2H3. The highest BCUT2D eigenvalue weighted by molar-refractivity contribution is 5.83. The van der Waals surface area contributed by atoms with Gasteiger partial charge in [-0.3, -0.25) is 10.1 Å². The fourth-order valence-electron chi connectivity index (χ4n) is 1.30. The van der Waals surface area contributed by atoms with Gasteiger partial charge in [-0.25, -0.2) is 4.79 Å². The summed E-state index contributed by atoms with van der Waals surface area (Å²) in [5.41, 5.74) is -0.192. The van der Waals surface area contributed by atoms with Crippen molar-refractivity contribution < 1.29 is 19.2 Å². The Morgan fingerprint density at radius 1 is 1.38 bits per heavy atom. The Hall–Kier alpha value is -2.33. The fraction of sp³-hybridized carbons (Fsp3) is 0.200. The molecule has 0 fully saturated rings. The molecule has 6 heteroatoms. The molecule has 0 aromatic heterocycles. The van der Waals surface area contributed by atoms with E-state index < -0.39 is 4.92 Å². The van der Waals surface area contributed by atoms with Crippen molar-refractivity contribution in [1.82, 2.24) is 0 Å². The number of rotatable bonds is 4. The number of carbonyl (C=O) groups excluding carboxylic acids is 1. The van der Waals surface area contributed by atoms with Crippen LogP contribution in [0.2, 0.25) is 0 Å². The van der Waals surface area contributed by atoms with Crippen molar-refractivity contribution in [3.05, 3.63) is 27.8 Å². The molecule has 0 aliphatic rings. The van der Waals surface area contributed by atoms with Gasteiger partial charge >= 0.3 is 0 Å². The molecule has 1 aromatic carbocycles. The first-order valence-electron chi connectivity index (χ1n) is 4.26. The van der Waals surface area contributed by atoms with Gasteiger partial charge in [-0.05, 0) is 6.07 Å². The second kappa shape index (κ2) is 4.95. The Labute approximate surface area is 91.2 Å². The molecule has 0 atom stereocenters. The van der Waals surface area contributed by atoms with Gasteiger partial charge in [0.15, 0.2) is 11.5 Å². The predicted molar refractivity (Wildman–Crippen MR) is 56.4 cm³/mol. The third-order valence-electron chi connectivity index (χ3n) is 1.96. The third-order valence-corrected chi connectivity index (χ3v) is 1.96. The minimum absolute atomic E-state index is 0.0434. The number of nitro benzene ring substituents is 1. The van der Waals surface area contributed by atoms with E-state index in [2.05, 4.69) is 0 Å². The van der Waals surface area contributed by atoms with Crippen LogP contribution >= 0.6 is 0 Å². The smallest absolute Gasteiger partial charge is 0.281 e. The molecule has 16 heavy (non-hydrogen) atoms. The second-order valence-electron chi connectivity index (χ2n) is 2.75. The van der Waals surface area contributed by atoms with E-state index in [1.165, 1.54) is 32.3 Å². The molecule has 0 unspecified atom stereocenters. The van der Waals surface area contributed by atoms with Crippen LogP contribution < -0.4 is 9.47 Å². The van der Waals surface area contributed by atoms with Crippen LogP contribution in [0.25, 0.3) is 6.08 Å². The average molecular weight is 223 g/mol. The van der Waals surface area contributed by atoms with Crippen LogP contribution in [-0.4, -0.2) is 25.1 Å². The van der Waals surface area contributed by atoms with Gasteiger partial charge in [-0.15, -0.1) is 0 Å². The zero-order valence-corrected chi connectivity index (χ0v) is 8.72. The van der Waals surface area contributed by atoms with Gasteiger partial charge in [0.1, 0.15) is 11.5 Å². The summed E-state index contributed by atoms with van der Waals surface area (Å²) >= 11 is 0. The molecule has 1 rings (SSSR count). The molecule has 0 radical (unpaired) electrons. The van der Waals surface area contributed by atoms with Crippen LogP contribution in [0.1, 0.15) is 5.56 Å². The zero-order valence-electron chi connectivity index (χ0n) is 8.72. The summed E-state index contributed by atoms with van der Waals surface area (Å²) in [6.45, 7) is 0. The molecule has 0 aliphatic heterocycles. The molecule has 0 heterocycles. The van der Waals surface area contributed by atoms with Gasteiger partial charge in [-0.1, -0.05) is 0 Å². The topological polar surface area (TPSA) is 78.7 Å². The minimum atomic E-state index is -0.606. The number of hydrogen-bond acceptors (Lipinski definition) is 5. The Balaban J connectivity index is 3.56. The Kier molecular flexibility index (Phi) is 3.63. The van der Waals surface area contributed by atoms with E-state index in [9.17, 15) is 14.9 Å². The summed E-state index contributed by atoms with van der Waals surface area (Å²) in [7, 11) is 2.74. The van der Waals surface area contributed by atoms with Crippen molar-refractivity contribution >= 4 is 17.7 Å². The highest BCUT2D eigenvalue weighted by Gasteiger charge is 2.20. The molecule has 0 N–H and O–H groups in total. The molecule has 1 aromatic rings. The first-order valence-corrected chi connectivity index (χ1v) is 4.26. The van der Waals surface area contributed by atoms with Crippen molar-refractivity contribution in [2.45, 2.75) is 0 Å². The maximum absolute atomic E-state index is 10.7. The molecular weight excluding hydrogens is 214 g/mol. The van der Waals surface area contributed by atoms with E-state index in [0.29, 0.717) is 5.75 Å². The maximum atomic E-state index is 10.7. The largest absolute Gasteiger partial charge is 0.493 e. The summed E-state index contributed by atoms with van der Waals surface area (Å²) in [4.78, 5) is 20.4. The van der Waals surface area contributed by atoms with E-state index in [0.717, 1.165) is 6.08 Å². The normalized spacial score (nSPS) is 9.12. The molecule has 0 bridgehead atoms. The number of nitro groups is 1. The van der Waals surface area contributed by atoms with E-state index in [4.69, 9.17) is 9.47 Å². The highest BCUT2D eigenvalue weighted by atomic mass is 16.6. The first-order chi connectivity index (χ1) is 7.65. The van der Waals surface area contributed by atoms with Gasteiger partial charge < -0.3 is 9.47 Å². The maximum Gasteiger partial charge on any atom is 0.281 e. The number of methoxy groups -OCH3 is 2. The predicted octanol–water partition coefficient (Wildman–Crippen LogP) is 1.46. The van der Waals surface area contributed by atoms with Crippen LogP contribution in [-0.2, 0) is 4.79 Å². The van der Waals surface area contributed by atoms with Crippen LogP contribution in [0, 0.1) is 10.1 Å². The number of hydrogen-bond donors (Lipinski definition) is 0. The van der Waals surface area contributed by atoms with E-state index >= 15 is 0 Å². The lowest BCUT2D eigenvalue weighted by atomic mass is 10.1. The molecule has 6 nitrogen and oxygen atoms in total. The summed E-state index contributed by atoms with van der Waals surface area (Å²) in [5, 5.41) is 10.7. The van der Waals surface area contributed by atoms with Crippen LogP contribution in [0.4, 0.5) is 5.69 Å². The Bertz CT molecular complexity index is 463. The summed E-state index contributed by atoms with van der Waals surface area (Å²) in [6.07, 6.45) is 0.944. The van der Waals surface area contributed by atoms with Crippen molar-refractivity contribution in [3.63, 3.8) is 0 Å². The zero-order chi connectivity index (χ0) is 12.1. The summed E-state index contributed by atoms with van der Waals surface area (Å²) < 4.78 is 9.93. The van der Waals surface area contributed by atoms with Crippen molar-refractivity contribution in [2.75, 3.05) is 14.2 Å². The Morgan fingerprint density at radius 2 is 2.06 bits per heavy atom. The molecule has 0 aliphatic carbocycles. The van der Waals surface area contributed by atoms with Gasteiger partial charge in [0.05, 0.1) is 19.1 Å². The monoisotopic (exact) mass is 223 g/mol. The van der Waals surface area contributed by atoms with Crippen molar-refractivity contribution in [1.29, 1.82) is 0 Å². The molecule has 0 amide bonds. The third kappa shape index (κ3) is 2.02. The van der Waals surface area contributed by atoms with Crippen LogP contribution in [0.5, 0.6) is 11.5 Å². The van der Waals surface area contributed by atoms with Crippen molar-refractivity contribution in [3.8, 4) is 11.5 Å². The van der Waals surface area contributed by atoms with Crippen LogP contribution in [0.3, 0.4) is 0 Å². The average Bonchev–Trinajstić information content (AvgIpc) is 2.28. The fourth-order valence-corrected chi connectivity index (χ4v) is 1.30. The van der Waals surface area contributed by atoms with Gasteiger partial charge in [0.2, 0.25) is 0 Å². The van der Waals surface area contributed by atoms with Crippen molar-refractivity contribution in [2.24, 2.45) is 0 Å². The number of ether oxygens (including phenoxy) is 2. The first kappa shape index (κ1) is 11.7. The SMILES string of the molecule is COc1ccc([N+](=O)[O-])c(C=C=O)c1OC. The van der Waals surface area contributed by atoms with E-state index in [1.54, 1.807) is 0 Å². The molecular formula is C10H9NO5. The second-order valence-corrected chi connectivity index (χ2v) is 2.75. The number of benzene rings is 1. The highest BCUT2D eigenvalue weighted by Crippen LogP contribution is 2.37. The van der Waals surface area contributed by atoms with Gasteiger partial charge in [0, 0.05) is 12.1 Å². The lowest BCUT2D eigenvalue weighted by Crippen LogP contribution is -1.98. The van der Waals surface area contributed by atoms with E-state index in [1.807, 2.05) is 0 Å². The summed E-state index contributed by atoms with van der Waals surface area (Å²) in [5.74, 6) is 1.94. The van der Waals surface area contributed by atoms with Gasteiger partial charge in [-0.2, -0.15) is 0 Å². The molecule has 84 valence electrons. The summed E-state index contributed by atoms with van der Waals surface area (Å²) in [6, 6.07) is 2.64. The lowest BCUT2D eigenvalue weighted by molar-refractivity contribution is -0.385. The Morgan fingerprint density at radius 3 is 2.50 bits per heavy atom. The van der Waals surface area contributed by atoms with Crippen LogP contribution in [0.15, 0.2) is 12.1 Å². The molecule has 0 saturated heterocycles. The van der Waals surface area contributed by atoms with Gasteiger partial charge in [0.25, 0.3) is 5.69 Å².